The summed E-state index contributed by atoms with van der Waals surface area (Å²) >= 11 is 0. The Morgan fingerprint density at radius 1 is 1.60 bits per heavy atom. The van der Waals surface area contributed by atoms with E-state index in [1.165, 1.54) is 0 Å². The fourth-order valence-corrected chi connectivity index (χ4v) is 1.46. The number of aryl methyl sites for hydroxylation is 1. The molecule has 0 aliphatic carbocycles. The molecule has 6 nitrogen and oxygen atoms in total. The van der Waals surface area contributed by atoms with Crippen molar-refractivity contribution in [3.05, 3.63) is 29.7 Å². The predicted molar refractivity (Wildman–Crippen MR) is 54.8 cm³/mol. The van der Waals surface area contributed by atoms with Crippen molar-refractivity contribution >= 4 is 11.5 Å². The van der Waals surface area contributed by atoms with Gasteiger partial charge in [-0.1, -0.05) is 11.2 Å². The highest BCUT2D eigenvalue weighted by molar-refractivity contribution is 5.83. The Morgan fingerprint density at radius 3 is 3.13 bits per heavy atom. The molecule has 0 aromatic carbocycles. The van der Waals surface area contributed by atoms with E-state index in [0.29, 0.717) is 6.42 Å². The van der Waals surface area contributed by atoms with Crippen molar-refractivity contribution in [2.45, 2.75) is 13.3 Å². The number of pyridine rings is 1. The van der Waals surface area contributed by atoms with Gasteiger partial charge in [0.05, 0.1) is 0 Å². The highest BCUT2D eigenvalue weighted by Gasteiger charge is 2.07. The Balaban J connectivity index is 2.52. The topological polar surface area (TPSA) is 88.8 Å². The second-order valence-corrected chi connectivity index (χ2v) is 3.24. The maximum Gasteiger partial charge on any atom is 0.164 e. The summed E-state index contributed by atoms with van der Waals surface area (Å²) in [6.45, 7) is 1.87. The third-order valence-corrected chi connectivity index (χ3v) is 2.19. The van der Waals surface area contributed by atoms with Crippen LogP contribution in [0.1, 0.15) is 11.4 Å². The first-order valence-electron chi connectivity index (χ1n) is 4.48. The third-order valence-electron chi connectivity index (χ3n) is 2.19. The molecule has 0 saturated carbocycles. The van der Waals surface area contributed by atoms with Crippen LogP contribution in [-0.2, 0) is 6.42 Å². The molecule has 0 aliphatic rings. The first kappa shape index (κ1) is 9.45. The Hall–Kier alpha value is -2.11. The Labute approximate surface area is 86.0 Å². The minimum Gasteiger partial charge on any atom is -0.409 e. The van der Waals surface area contributed by atoms with Crippen LogP contribution in [-0.4, -0.2) is 25.6 Å². The van der Waals surface area contributed by atoms with Crippen LogP contribution in [0.4, 0.5) is 0 Å². The van der Waals surface area contributed by atoms with Crippen LogP contribution in [0.15, 0.2) is 23.5 Å². The molecule has 6 heteroatoms. The molecule has 78 valence electrons. The predicted octanol–water partition coefficient (Wildman–Crippen LogP) is 0.327. The molecular formula is C9H11N5O. The average Bonchev–Trinajstić information content (AvgIpc) is 2.62. The molecule has 0 unspecified atom stereocenters. The zero-order valence-corrected chi connectivity index (χ0v) is 8.25. The molecule has 0 spiro atoms. The minimum atomic E-state index is 0.156. The van der Waals surface area contributed by atoms with E-state index >= 15 is 0 Å². The summed E-state index contributed by atoms with van der Waals surface area (Å²) in [7, 11) is 0. The molecular weight excluding hydrogens is 194 g/mol. The summed E-state index contributed by atoms with van der Waals surface area (Å²) in [5, 5.41) is 19.4. The zero-order valence-electron chi connectivity index (χ0n) is 8.25. The van der Waals surface area contributed by atoms with E-state index in [-0.39, 0.29) is 5.84 Å². The fraction of sp³-hybridized carbons (Fsp3) is 0.222. The lowest BCUT2D eigenvalue weighted by atomic mass is 10.2. The van der Waals surface area contributed by atoms with Crippen LogP contribution in [0.2, 0.25) is 0 Å². The average molecular weight is 205 g/mol. The third kappa shape index (κ3) is 1.61. The van der Waals surface area contributed by atoms with Crippen molar-refractivity contribution in [2.24, 2.45) is 10.9 Å². The van der Waals surface area contributed by atoms with Crippen LogP contribution in [0.3, 0.4) is 0 Å². The molecule has 0 atom stereocenters. The smallest absolute Gasteiger partial charge is 0.164 e. The number of rotatable bonds is 2. The van der Waals surface area contributed by atoms with Gasteiger partial charge in [-0.15, -0.1) is 10.2 Å². The van der Waals surface area contributed by atoms with Crippen LogP contribution in [0, 0.1) is 6.92 Å². The normalized spacial score (nSPS) is 12.2. The summed E-state index contributed by atoms with van der Waals surface area (Å²) in [5.41, 5.74) is 7.07. The highest BCUT2D eigenvalue weighted by Crippen LogP contribution is 2.10. The second-order valence-electron chi connectivity index (χ2n) is 3.24. The van der Waals surface area contributed by atoms with Crippen molar-refractivity contribution in [2.75, 3.05) is 0 Å². The number of oxime groups is 1. The van der Waals surface area contributed by atoms with Crippen LogP contribution in [0.25, 0.3) is 5.65 Å². The number of fused-ring (bicyclic) bond motifs is 1. The molecule has 0 amide bonds. The van der Waals surface area contributed by atoms with Gasteiger partial charge in [0.15, 0.2) is 5.65 Å². The molecule has 2 rings (SSSR count). The van der Waals surface area contributed by atoms with Gasteiger partial charge in [0.2, 0.25) is 0 Å². The summed E-state index contributed by atoms with van der Waals surface area (Å²) < 4.78 is 1.86. The first-order valence-corrected chi connectivity index (χ1v) is 4.48. The van der Waals surface area contributed by atoms with Crippen molar-refractivity contribution in [1.29, 1.82) is 0 Å². The lowest BCUT2D eigenvalue weighted by Gasteiger charge is -2.01. The molecule has 0 radical (unpaired) electrons. The number of nitrogens with zero attached hydrogens (tertiary/aromatic N) is 4. The number of amidine groups is 1. The Bertz CT molecular complexity index is 516. The van der Waals surface area contributed by atoms with Gasteiger partial charge in [-0.25, -0.2) is 0 Å². The van der Waals surface area contributed by atoms with Gasteiger partial charge in [-0.2, -0.15) is 0 Å². The molecule has 0 fully saturated rings. The molecule has 3 N–H and O–H groups in total. The van der Waals surface area contributed by atoms with Gasteiger partial charge in [0.25, 0.3) is 0 Å². The quantitative estimate of drug-likeness (QED) is 0.320. The largest absolute Gasteiger partial charge is 0.409 e. The van der Waals surface area contributed by atoms with Crippen LogP contribution < -0.4 is 5.73 Å². The summed E-state index contributed by atoms with van der Waals surface area (Å²) in [4.78, 5) is 0. The highest BCUT2D eigenvalue weighted by atomic mass is 16.4. The van der Waals surface area contributed by atoms with Crippen molar-refractivity contribution in [3.8, 4) is 0 Å². The van der Waals surface area contributed by atoms with Gasteiger partial charge in [-0.05, 0) is 13.0 Å². The Morgan fingerprint density at radius 2 is 2.40 bits per heavy atom. The fourth-order valence-electron chi connectivity index (χ4n) is 1.46. The summed E-state index contributed by atoms with van der Waals surface area (Å²) in [6.07, 6.45) is 2.24. The van der Waals surface area contributed by atoms with Crippen LogP contribution >= 0.6 is 0 Å². The maximum atomic E-state index is 8.49. The molecule has 2 aromatic heterocycles. The van der Waals surface area contributed by atoms with Gasteiger partial charge < -0.3 is 10.9 Å². The summed E-state index contributed by atoms with van der Waals surface area (Å²) in [6, 6.07) is 3.75. The molecule has 0 aliphatic heterocycles. The summed E-state index contributed by atoms with van der Waals surface area (Å²) in [5.74, 6) is 0.968. The van der Waals surface area contributed by atoms with E-state index in [2.05, 4.69) is 15.4 Å². The lowest BCUT2D eigenvalue weighted by molar-refractivity contribution is 0.317. The number of hydrogen-bond acceptors (Lipinski definition) is 4. The zero-order chi connectivity index (χ0) is 10.8. The number of aromatic nitrogens is 3. The Kier molecular flexibility index (Phi) is 2.24. The van der Waals surface area contributed by atoms with Crippen molar-refractivity contribution in [3.63, 3.8) is 0 Å². The van der Waals surface area contributed by atoms with E-state index < -0.39 is 0 Å². The lowest BCUT2D eigenvalue weighted by Crippen LogP contribution is -2.15. The van der Waals surface area contributed by atoms with Gasteiger partial charge in [0, 0.05) is 18.2 Å². The molecule has 15 heavy (non-hydrogen) atoms. The number of hydrogen-bond donors (Lipinski definition) is 2. The number of nitrogens with two attached hydrogens (primary N) is 1. The molecule has 2 heterocycles. The monoisotopic (exact) mass is 205 g/mol. The van der Waals surface area contributed by atoms with Gasteiger partial charge in [0.1, 0.15) is 11.7 Å². The van der Waals surface area contributed by atoms with Crippen molar-refractivity contribution < 1.29 is 5.21 Å². The van der Waals surface area contributed by atoms with E-state index in [1.807, 2.05) is 29.7 Å². The van der Waals surface area contributed by atoms with Gasteiger partial charge in [-0.3, -0.25) is 4.40 Å². The van der Waals surface area contributed by atoms with E-state index in [9.17, 15) is 0 Å². The maximum absolute atomic E-state index is 8.49. The van der Waals surface area contributed by atoms with Crippen molar-refractivity contribution in [1.82, 2.24) is 14.6 Å². The van der Waals surface area contributed by atoms with E-state index in [1.54, 1.807) is 0 Å². The minimum absolute atomic E-state index is 0.156. The van der Waals surface area contributed by atoms with Crippen LogP contribution in [0.5, 0.6) is 0 Å². The molecule has 2 aromatic rings. The molecule has 0 bridgehead atoms. The first-order chi connectivity index (χ1) is 7.22. The van der Waals surface area contributed by atoms with Gasteiger partial charge >= 0.3 is 0 Å². The second kappa shape index (κ2) is 3.56. The molecule has 0 saturated heterocycles. The van der Waals surface area contributed by atoms with E-state index in [0.717, 1.165) is 17.0 Å². The SMILES string of the molecule is Cc1nnc2c(C/C(N)=N/O)cccn12. The standard InChI is InChI=1S/C9H11N5O/c1-6-11-12-9-7(5-8(10)13-15)3-2-4-14(6)9/h2-4,15H,5H2,1H3,(H2,10,13). The van der Waals surface area contributed by atoms with E-state index in [4.69, 9.17) is 10.9 Å².